The average Bonchev–Trinajstić information content (AvgIpc) is 2.97. The number of piperidine rings is 1. The van der Waals surface area contributed by atoms with Gasteiger partial charge in [0.1, 0.15) is 0 Å². The first-order valence-corrected chi connectivity index (χ1v) is 10.3. The summed E-state index contributed by atoms with van der Waals surface area (Å²) in [7, 11) is -3.16. The third kappa shape index (κ3) is 4.20. The number of nitrogens with one attached hydrogen (secondary N) is 2. The molecule has 1 aliphatic rings. The molecule has 0 saturated carbocycles. The van der Waals surface area contributed by atoms with E-state index in [9.17, 15) is 13.2 Å². The van der Waals surface area contributed by atoms with Crippen LogP contribution in [0.25, 0.3) is 10.9 Å². The second-order valence-electron chi connectivity index (χ2n) is 6.62. The fourth-order valence-electron chi connectivity index (χ4n) is 3.27. The molecule has 1 aliphatic heterocycles. The zero-order chi connectivity index (χ0) is 18.0. The normalized spacial score (nSPS) is 18.3. The number of nitrogens with zero attached hydrogens (tertiary/aromatic N) is 1. The Morgan fingerprint density at radius 2 is 2.04 bits per heavy atom. The van der Waals surface area contributed by atoms with Gasteiger partial charge in [-0.1, -0.05) is 18.2 Å². The lowest BCUT2D eigenvalue weighted by molar-refractivity contribution is -0.123. The summed E-state index contributed by atoms with van der Waals surface area (Å²) in [6, 6.07) is 7.25. The SMILES string of the molecule is CS(=O)(=O)N1CCC(NC(=O)[C@@H](N)Cc2c[nH]c3ccccc23)CC1. The lowest BCUT2D eigenvalue weighted by Crippen LogP contribution is -2.50. The van der Waals surface area contributed by atoms with E-state index in [1.54, 1.807) is 0 Å². The van der Waals surface area contributed by atoms with Gasteiger partial charge in [-0.05, 0) is 30.9 Å². The molecule has 1 amide bonds. The van der Waals surface area contributed by atoms with Crippen molar-refractivity contribution in [3.63, 3.8) is 0 Å². The van der Waals surface area contributed by atoms with E-state index in [0.717, 1.165) is 16.5 Å². The molecule has 2 aromatic rings. The van der Waals surface area contributed by atoms with Crippen LogP contribution in [0, 0.1) is 0 Å². The molecule has 136 valence electrons. The van der Waals surface area contributed by atoms with Crippen LogP contribution in [0.3, 0.4) is 0 Å². The van der Waals surface area contributed by atoms with E-state index >= 15 is 0 Å². The zero-order valence-corrected chi connectivity index (χ0v) is 15.1. The minimum Gasteiger partial charge on any atom is -0.361 e. The molecule has 1 fully saturated rings. The Morgan fingerprint density at radius 1 is 1.36 bits per heavy atom. The standard InChI is InChI=1S/C17H24N4O3S/c1-25(23,24)21-8-6-13(7-9-21)20-17(22)15(18)10-12-11-19-16-5-3-2-4-14(12)16/h2-5,11,13,15,19H,6-10,18H2,1H3,(H,20,22)/t15-/m0/s1. The molecule has 8 heteroatoms. The summed E-state index contributed by atoms with van der Waals surface area (Å²) in [5.74, 6) is -0.192. The van der Waals surface area contributed by atoms with Gasteiger partial charge in [-0.3, -0.25) is 4.79 Å². The molecule has 2 heterocycles. The van der Waals surface area contributed by atoms with Crippen molar-refractivity contribution < 1.29 is 13.2 Å². The minimum absolute atomic E-state index is 0.0282. The predicted octanol–water partition coefficient (Wildman–Crippen LogP) is 0.578. The van der Waals surface area contributed by atoms with Gasteiger partial charge in [0.2, 0.25) is 15.9 Å². The van der Waals surface area contributed by atoms with Crippen molar-refractivity contribution in [2.75, 3.05) is 19.3 Å². The van der Waals surface area contributed by atoms with Crippen molar-refractivity contribution >= 4 is 26.8 Å². The maximum Gasteiger partial charge on any atom is 0.237 e. The fraction of sp³-hybridized carbons (Fsp3) is 0.471. The van der Waals surface area contributed by atoms with Gasteiger partial charge in [-0.25, -0.2) is 12.7 Å². The number of amides is 1. The van der Waals surface area contributed by atoms with Crippen molar-refractivity contribution in [2.45, 2.75) is 31.3 Å². The summed E-state index contributed by atoms with van der Waals surface area (Å²) in [6.07, 6.45) is 4.78. The first kappa shape index (κ1) is 17.9. The molecule has 0 radical (unpaired) electrons. The first-order chi connectivity index (χ1) is 11.8. The smallest absolute Gasteiger partial charge is 0.237 e. The van der Waals surface area contributed by atoms with Crippen molar-refractivity contribution in [3.8, 4) is 0 Å². The van der Waals surface area contributed by atoms with Crippen LogP contribution >= 0.6 is 0 Å². The number of H-pyrrole nitrogens is 1. The number of benzene rings is 1. The summed E-state index contributed by atoms with van der Waals surface area (Å²) in [6.45, 7) is 0.864. The molecular weight excluding hydrogens is 340 g/mol. The van der Waals surface area contributed by atoms with E-state index in [0.29, 0.717) is 32.4 Å². The van der Waals surface area contributed by atoms with Crippen LogP contribution in [-0.4, -0.2) is 55.0 Å². The van der Waals surface area contributed by atoms with Crippen LogP contribution in [0.4, 0.5) is 0 Å². The number of fused-ring (bicyclic) bond motifs is 1. The van der Waals surface area contributed by atoms with Crippen LogP contribution in [-0.2, 0) is 21.2 Å². The molecule has 1 atom stereocenters. The highest BCUT2D eigenvalue weighted by Crippen LogP contribution is 2.19. The van der Waals surface area contributed by atoms with Crippen LogP contribution in [0.1, 0.15) is 18.4 Å². The molecule has 7 nitrogen and oxygen atoms in total. The highest BCUT2D eigenvalue weighted by molar-refractivity contribution is 7.88. The molecule has 3 rings (SSSR count). The number of hydrogen-bond acceptors (Lipinski definition) is 4. The van der Waals surface area contributed by atoms with Crippen molar-refractivity contribution in [2.24, 2.45) is 5.73 Å². The lowest BCUT2D eigenvalue weighted by atomic mass is 10.0. The van der Waals surface area contributed by atoms with E-state index in [1.807, 2.05) is 30.5 Å². The lowest BCUT2D eigenvalue weighted by Gasteiger charge is -2.31. The highest BCUT2D eigenvalue weighted by Gasteiger charge is 2.27. The van der Waals surface area contributed by atoms with Gasteiger partial charge in [0, 0.05) is 36.2 Å². The number of rotatable bonds is 5. The minimum atomic E-state index is -3.16. The second-order valence-corrected chi connectivity index (χ2v) is 8.60. The monoisotopic (exact) mass is 364 g/mol. The van der Waals surface area contributed by atoms with Crippen molar-refractivity contribution in [3.05, 3.63) is 36.0 Å². The Morgan fingerprint density at radius 3 is 2.72 bits per heavy atom. The summed E-state index contributed by atoms with van der Waals surface area (Å²) in [5, 5.41) is 4.03. The van der Waals surface area contributed by atoms with Crippen molar-refractivity contribution in [1.29, 1.82) is 0 Å². The summed E-state index contributed by atoms with van der Waals surface area (Å²) >= 11 is 0. The summed E-state index contributed by atoms with van der Waals surface area (Å²) in [5.41, 5.74) is 8.13. The Hall–Kier alpha value is -1.90. The van der Waals surface area contributed by atoms with Crippen LogP contribution in [0.15, 0.2) is 30.5 Å². The van der Waals surface area contributed by atoms with Gasteiger partial charge < -0.3 is 16.0 Å². The zero-order valence-electron chi connectivity index (χ0n) is 14.2. The molecular formula is C17H24N4O3S. The van der Waals surface area contributed by atoms with Crippen LogP contribution < -0.4 is 11.1 Å². The molecule has 4 N–H and O–H groups in total. The van der Waals surface area contributed by atoms with Gasteiger partial charge in [0.25, 0.3) is 0 Å². The highest BCUT2D eigenvalue weighted by atomic mass is 32.2. The van der Waals surface area contributed by atoms with Gasteiger partial charge in [0.15, 0.2) is 0 Å². The molecule has 1 saturated heterocycles. The number of aromatic amines is 1. The predicted molar refractivity (Wildman–Crippen MR) is 97.6 cm³/mol. The maximum absolute atomic E-state index is 12.4. The number of carbonyl (C=O) groups excluding carboxylic acids is 1. The van der Waals surface area contributed by atoms with Gasteiger partial charge in [-0.2, -0.15) is 0 Å². The maximum atomic E-state index is 12.4. The molecule has 1 aromatic carbocycles. The number of hydrogen-bond donors (Lipinski definition) is 3. The van der Waals surface area contributed by atoms with E-state index in [2.05, 4.69) is 10.3 Å². The van der Waals surface area contributed by atoms with Gasteiger partial charge >= 0.3 is 0 Å². The number of nitrogens with two attached hydrogens (primary N) is 1. The average molecular weight is 364 g/mol. The number of sulfonamides is 1. The third-order valence-electron chi connectivity index (χ3n) is 4.72. The fourth-order valence-corrected chi connectivity index (χ4v) is 4.14. The topological polar surface area (TPSA) is 108 Å². The Kier molecular flexibility index (Phi) is 5.12. The van der Waals surface area contributed by atoms with E-state index < -0.39 is 16.1 Å². The number of aromatic nitrogens is 1. The summed E-state index contributed by atoms with van der Waals surface area (Å²) < 4.78 is 24.5. The van der Waals surface area contributed by atoms with E-state index in [1.165, 1.54) is 10.6 Å². The van der Waals surface area contributed by atoms with Crippen molar-refractivity contribution in [1.82, 2.24) is 14.6 Å². The number of para-hydroxylation sites is 1. The Labute approximate surface area is 147 Å². The van der Waals surface area contributed by atoms with Gasteiger partial charge in [0.05, 0.1) is 12.3 Å². The van der Waals surface area contributed by atoms with Crippen LogP contribution in [0.5, 0.6) is 0 Å². The first-order valence-electron chi connectivity index (χ1n) is 8.40. The molecule has 1 aromatic heterocycles. The third-order valence-corrected chi connectivity index (χ3v) is 6.02. The molecule has 0 bridgehead atoms. The number of carbonyl (C=O) groups is 1. The largest absolute Gasteiger partial charge is 0.361 e. The van der Waals surface area contributed by atoms with Crippen LogP contribution in [0.2, 0.25) is 0 Å². The summed E-state index contributed by atoms with van der Waals surface area (Å²) in [4.78, 5) is 15.6. The van der Waals surface area contributed by atoms with Gasteiger partial charge in [-0.15, -0.1) is 0 Å². The quantitative estimate of drug-likeness (QED) is 0.721. The molecule has 25 heavy (non-hydrogen) atoms. The Bertz CT molecular complexity index is 854. The molecule has 0 aliphatic carbocycles. The van der Waals surface area contributed by atoms with E-state index in [4.69, 9.17) is 5.73 Å². The second kappa shape index (κ2) is 7.15. The van der Waals surface area contributed by atoms with E-state index in [-0.39, 0.29) is 11.9 Å². The molecule has 0 unspecified atom stereocenters. The Balaban J connectivity index is 1.55. The molecule has 0 spiro atoms.